The van der Waals surface area contributed by atoms with Crippen LogP contribution in [-0.4, -0.2) is 19.6 Å². The van der Waals surface area contributed by atoms with Crippen molar-refractivity contribution in [2.45, 2.75) is 39.0 Å². The van der Waals surface area contributed by atoms with E-state index in [1.54, 1.807) is 31.4 Å². The van der Waals surface area contributed by atoms with Gasteiger partial charge in [0.25, 0.3) is 5.91 Å². The number of nitrogens with one attached hydrogen (secondary N) is 1. The largest absolute Gasteiger partial charge is 0.497 e. The van der Waals surface area contributed by atoms with Crippen molar-refractivity contribution in [3.8, 4) is 5.75 Å². The Balaban J connectivity index is 2.23. The maximum absolute atomic E-state index is 11.8. The van der Waals surface area contributed by atoms with Crippen LogP contribution in [-0.2, 0) is 0 Å². The standard InChI is InChI=1S/C15H23NO2/c1-3-4-5-6-7-12-16-15(17)13-8-10-14(18-2)11-9-13/h8-11H,3-7,12H2,1-2H3,(H,16,17). The summed E-state index contributed by atoms with van der Waals surface area (Å²) >= 11 is 0. The topological polar surface area (TPSA) is 38.3 Å². The number of carbonyl (C=O) groups is 1. The van der Waals surface area contributed by atoms with Crippen molar-refractivity contribution in [3.05, 3.63) is 29.8 Å². The summed E-state index contributed by atoms with van der Waals surface area (Å²) in [4.78, 5) is 11.8. The van der Waals surface area contributed by atoms with E-state index >= 15 is 0 Å². The highest BCUT2D eigenvalue weighted by Crippen LogP contribution is 2.11. The fourth-order valence-electron chi connectivity index (χ4n) is 1.77. The van der Waals surface area contributed by atoms with Crippen LogP contribution < -0.4 is 10.1 Å². The summed E-state index contributed by atoms with van der Waals surface area (Å²) in [6, 6.07) is 7.17. The van der Waals surface area contributed by atoms with Gasteiger partial charge < -0.3 is 10.1 Å². The molecule has 1 amide bonds. The van der Waals surface area contributed by atoms with Gasteiger partial charge in [-0.3, -0.25) is 4.79 Å². The number of benzene rings is 1. The summed E-state index contributed by atoms with van der Waals surface area (Å²) in [6.07, 6.45) is 6.04. The Morgan fingerprint density at radius 3 is 2.39 bits per heavy atom. The first-order chi connectivity index (χ1) is 8.77. The Morgan fingerprint density at radius 2 is 1.78 bits per heavy atom. The Morgan fingerprint density at radius 1 is 1.11 bits per heavy atom. The van der Waals surface area contributed by atoms with Gasteiger partial charge in [-0.15, -0.1) is 0 Å². The molecule has 0 saturated heterocycles. The van der Waals surface area contributed by atoms with Crippen molar-refractivity contribution in [2.75, 3.05) is 13.7 Å². The van der Waals surface area contributed by atoms with Gasteiger partial charge in [0.15, 0.2) is 0 Å². The molecule has 0 aliphatic carbocycles. The fraction of sp³-hybridized carbons (Fsp3) is 0.533. The van der Waals surface area contributed by atoms with E-state index < -0.39 is 0 Å². The summed E-state index contributed by atoms with van der Waals surface area (Å²) in [7, 11) is 1.62. The number of ether oxygens (including phenoxy) is 1. The molecule has 3 nitrogen and oxygen atoms in total. The second-order valence-electron chi connectivity index (χ2n) is 4.40. The summed E-state index contributed by atoms with van der Waals surface area (Å²) in [5, 5.41) is 2.93. The minimum atomic E-state index is -0.00635. The van der Waals surface area contributed by atoms with E-state index in [0.29, 0.717) is 5.56 Å². The van der Waals surface area contributed by atoms with Crippen LogP contribution >= 0.6 is 0 Å². The number of methoxy groups -OCH3 is 1. The molecule has 0 aromatic heterocycles. The molecule has 3 heteroatoms. The molecule has 1 aromatic carbocycles. The monoisotopic (exact) mass is 249 g/mol. The number of hydrogen-bond donors (Lipinski definition) is 1. The first kappa shape index (κ1) is 14.6. The van der Waals surface area contributed by atoms with E-state index in [-0.39, 0.29) is 5.91 Å². The van der Waals surface area contributed by atoms with Crippen molar-refractivity contribution in [1.29, 1.82) is 0 Å². The molecule has 0 aliphatic rings. The summed E-state index contributed by atoms with van der Waals surface area (Å²) < 4.78 is 5.05. The number of amides is 1. The SMILES string of the molecule is CCCCCCCNC(=O)c1ccc(OC)cc1. The van der Waals surface area contributed by atoms with Crippen molar-refractivity contribution in [2.24, 2.45) is 0 Å². The minimum Gasteiger partial charge on any atom is -0.497 e. The predicted octanol–water partition coefficient (Wildman–Crippen LogP) is 3.40. The minimum absolute atomic E-state index is 0.00635. The Labute approximate surface area is 110 Å². The molecular formula is C15H23NO2. The second-order valence-corrected chi connectivity index (χ2v) is 4.40. The van der Waals surface area contributed by atoms with Crippen LogP contribution in [0.5, 0.6) is 5.75 Å². The normalized spacial score (nSPS) is 10.1. The van der Waals surface area contributed by atoms with Gasteiger partial charge in [-0.2, -0.15) is 0 Å². The van der Waals surface area contributed by atoms with Gasteiger partial charge >= 0.3 is 0 Å². The van der Waals surface area contributed by atoms with Crippen LogP contribution in [0.15, 0.2) is 24.3 Å². The highest BCUT2D eigenvalue weighted by atomic mass is 16.5. The molecule has 0 spiro atoms. The molecule has 0 saturated carbocycles. The number of carbonyl (C=O) groups excluding carboxylic acids is 1. The zero-order valence-electron chi connectivity index (χ0n) is 11.4. The molecule has 0 heterocycles. The lowest BCUT2D eigenvalue weighted by atomic mass is 10.1. The molecule has 0 fully saturated rings. The Bertz CT molecular complexity index is 346. The first-order valence-corrected chi connectivity index (χ1v) is 6.70. The van der Waals surface area contributed by atoms with E-state index in [0.717, 1.165) is 18.7 Å². The molecule has 0 bridgehead atoms. The Kier molecular flexibility index (Phi) is 6.92. The molecule has 1 rings (SSSR count). The Hall–Kier alpha value is -1.51. The summed E-state index contributed by atoms with van der Waals surface area (Å²) in [5.74, 6) is 0.763. The molecule has 0 radical (unpaired) electrons. The van der Waals surface area contributed by atoms with E-state index in [1.165, 1.54) is 25.7 Å². The van der Waals surface area contributed by atoms with Crippen LogP contribution in [0.3, 0.4) is 0 Å². The molecule has 0 aliphatic heterocycles. The quantitative estimate of drug-likeness (QED) is 0.717. The predicted molar refractivity (Wildman–Crippen MR) is 74.1 cm³/mol. The lowest BCUT2D eigenvalue weighted by molar-refractivity contribution is 0.0953. The molecule has 1 aromatic rings. The van der Waals surface area contributed by atoms with E-state index in [2.05, 4.69) is 12.2 Å². The second kappa shape index (κ2) is 8.56. The maximum atomic E-state index is 11.8. The highest BCUT2D eigenvalue weighted by Gasteiger charge is 2.04. The third kappa shape index (κ3) is 5.21. The van der Waals surface area contributed by atoms with Crippen LogP contribution in [0.25, 0.3) is 0 Å². The van der Waals surface area contributed by atoms with Crippen molar-refractivity contribution in [3.63, 3.8) is 0 Å². The van der Waals surface area contributed by atoms with Gasteiger partial charge in [0.2, 0.25) is 0 Å². The number of hydrogen-bond acceptors (Lipinski definition) is 2. The third-order valence-electron chi connectivity index (χ3n) is 2.92. The lowest BCUT2D eigenvalue weighted by Crippen LogP contribution is -2.24. The van der Waals surface area contributed by atoms with Crippen molar-refractivity contribution < 1.29 is 9.53 Å². The zero-order valence-corrected chi connectivity index (χ0v) is 11.4. The van der Waals surface area contributed by atoms with Gasteiger partial charge in [-0.05, 0) is 30.7 Å². The van der Waals surface area contributed by atoms with E-state index in [4.69, 9.17) is 4.74 Å². The molecule has 100 valence electrons. The van der Waals surface area contributed by atoms with Gasteiger partial charge in [-0.1, -0.05) is 32.6 Å². The van der Waals surface area contributed by atoms with Crippen LogP contribution in [0, 0.1) is 0 Å². The van der Waals surface area contributed by atoms with Crippen LogP contribution in [0.4, 0.5) is 0 Å². The average molecular weight is 249 g/mol. The molecule has 0 atom stereocenters. The van der Waals surface area contributed by atoms with Crippen molar-refractivity contribution >= 4 is 5.91 Å². The summed E-state index contributed by atoms with van der Waals surface area (Å²) in [5.41, 5.74) is 0.685. The number of rotatable bonds is 8. The van der Waals surface area contributed by atoms with Crippen LogP contribution in [0.2, 0.25) is 0 Å². The first-order valence-electron chi connectivity index (χ1n) is 6.70. The molecule has 1 N–H and O–H groups in total. The van der Waals surface area contributed by atoms with Gasteiger partial charge in [0, 0.05) is 12.1 Å². The van der Waals surface area contributed by atoms with E-state index in [9.17, 15) is 4.79 Å². The summed E-state index contributed by atoms with van der Waals surface area (Å²) in [6.45, 7) is 2.96. The van der Waals surface area contributed by atoms with Crippen molar-refractivity contribution in [1.82, 2.24) is 5.32 Å². The van der Waals surface area contributed by atoms with Gasteiger partial charge in [0.1, 0.15) is 5.75 Å². The third-order valence-corrected chi connectivity index (χ3v) is 2.92. The van der Waals surface area contributed by atoms with Gasteiger partial charge in [-0.25, -0.2) is 0 Å². The number of unbranched alkanes of at least 4 members (excludes halogenated alkanes) is 4. The lowest BCUT2D eigenvalue weighted by Gasteiger charge is -2.06. The highest BCUT2D eigenvalue weighted by molar-refractivity contribution is 5.94. The zero-order chi connectivity index (χ0) is 13.2. The average Bonchev–Trinajstić information content (AvgIpc) is 2.42. The molecular weight excluding hydrogens is 226 g/mol. The smallest absolute Gasteiger partial charge is 0.251 e. The maximum Gasteiger partial charge on any atom is 0.251 e. The fourth-order valence-corrected chi connectivity index (χ4v) is 1.77. The molecule has 18 heavy (non-hydrogen) atoms. The van der Waals surface area contributed by atoms with Gasteiger partial charge in [0.05, 0.1) is 7.11 Å². The molecule has 0 unspecified atom stereocenters. The van der Waals surface area contributed by atoms with Crippen LogP contribution in [0.1, 0.15) is 49.4 Å². The van der Waals surface area contributed by atoms with E-state index in [1.807, 2.05) is 0 Å².